The minimum absolute atomic E-state index is 0.0528. The van der Waals surface area contributed by atoms with E-state index < -0.39 is 5.97 Å². The number of rotatable bonds is 5. The van der Waals surface area contributed by atoms with E-state index in [2.05, 4.69) is 0 Å². The van der Waals surface area contributed by atoms with E-state index in [1.165, 1.54) is 0 Å². The number of hydrogen-bond donors (Lipinski definition) is 1. The summed E-state index contributed by atoms with van der Waals surface area (Å²) in [6.07, 6.45) is 0. The van der Waals surface area contributed by atoms with Crippen molar-refractivity contribution in [3.8, 4) is 5.75 Å². The Balaban J connectivity index is 2.84. The molecular weight excluding hydrogens is 258 g/mol. The highest BCUT2D eigenvalue weighted by atomic mass is 16.5. The van der Waals surface area contributed by atoms with Gasteiger partial charge in [0.05, 0.1) is 5.56 Å². The molecule has 0 aliphatic carbocycles. The molecule has 1 rings (SSSR count). The Morgan fingerprint density at radius 3 is 2.15 bits per heavy atom. The SMILES string of the molecule is Cc1cc(C(=O)O)cc(C)c1OCC(=O)N(C)C(C)C. The van der Waals surface area contributed by atoms with Gasteiger partial charge in [0, 0.05) is 13.1 Å². The van der Waals surface area contributed by atoms with Crippen LogP contribution >= 0.6 is 0 Å². The highest BCUT2D eigenvalue weighted by molar-refractivity contribution is 5.88. The van der Waals surface area contributed by atoms with E-state index in [1.807, 2.05) is 13.8 Å². The fourth-order valence-electron chi connectivity index (χ4n) is 1.83. The molecule has 5 nitrogen and oxygen atoms in total. The third kappa shape index (κ3) is 3.73. The van der Waals surface area contributed by atoms with Crippen molar-refractivity contribution in [2.45, 2.75) is 33.7 Å². The van der Waals surface area contributed by atoms with Gasteiger partial charge >= 0.3 is 5.97 Å². The summed E-state index contributed by atoms with van der Waals surface area (Å²) in [6.45, 7) is 7.34. The fourth-order valence-corrected chi connectivity index (χ4v) is 1.83. The number of ether oxygens (including phenoxy) is 1. The van der Waals surface area contributed by atoms with E-state index in [0.29, 0.717) is 16.9 Å². The number of likely N-dealkylation sites (N-methyl/N-ethyl adjacent to an activating group) is 1. The van der Waals surface area contributed by atoms with Gasteiger partial charge in [0.2, 0.25) is 0 Å². The minimum Gasteiger partial charge on any atom is -0.483 e. The second kappa shape index (κ2) is 6.41. The Morgan fingerprint density at radius 2 is 1.75 bits per heavy atom. The number of hydrogen-bond acceptors (Lipinski definition) is 3. The van der Waals surface area contributed by atoms with Crippen LogP contribution in [0.1, 0.15) is 35.3 Å². The summed E-state index contributed by atoms with van der Waals surface area (Å²) >= 11 is 0. The maximum absolute atomic E-state index is 11.9. The van der Waals surface area contributed by atoms with Gasteiger partial charge in [0.15, 0.2) is 6.61 Å². The Hall–Kier alpha value is -2.04. The van der Waals surface area contributed by atoms with Gasteiger partial charge in [-0.3, -0.25) is 4.79 Å². The molecule has 1 aromatic carbocycles. The molecule has 1 N–H and O–H groups in total. The first-order valence-electron chi connectivity index (χ1n) is 6.47. The number of carbonyl (C=O) groups is 2. The lowest BCUT2D eigenvalue weighted by molar-refractivity contribution is -0.133. The van der Waals surface area contributed by atoms with Gasteiger partial charge in [-0.15, -0.1) is 0 Å². The molecule has 1 amide bonds. The molecule has 0 spiro atoms. The quantitative estimate of drug-likeness (QED) is 0.897. The molecule has 0 saturated carbocycles. The second-order valence-corrected chi connectivity index (χ2v) is 5.13. The van der Waals surface area contributed by atoms with Crippen molar-refractivity contribution in [1.29, 1.82) is 0 Å². The van der Waals surface area contributed by atoms with Crippen LogP contribution in [-0.4, -0.2) is 41.6 Å². The number of benzene rings is 1. The number of amides is 1. The Morgan fingerprint density at radius 1 is 1.25 bits per heavy atom. The summed E-state index contributed by atoms with van der Waals surface area (Å²) in [4.78, 5) is 24.4. The predicted molar refractivity (Wildman–Crippen MR) is 76.3 cm³/mol. The van der Waals surface area contributed by atoms with Gasteiger partial charge in [0.25, 0.3) is 5.91 Å². The second-order valence-electron chi connectivity index (χ2n) is 5.13. The van der Waals surface area contributed by atoms with Crippen molar-refractivity contribution in [3.63, 3.8) is 0 Å². The number of carboxylic acids is 1. The summed E-state index contributed by atoms with van der Waals surface area (Å²) in [7, 11) is 1.73. The van der Waals surface area contributed by atoms with Crippen LogP contribution in [-0.2, 0) is 4.79 Å². The van der Waals surface area contributed by atoms with Crippen molar-refractivity contribution in [3.05, 3.63) is 28.8 Å². The van der Waals surface area contributed by atoms with E-state index in [1.54, 1.807) is 37.9 Å². The highest BCUT2D eigenvalue weighted by Crippen LogP contribution is 2.25. The van der Waals surface area contributed by atoms with Gasteiger partial charge in [-0.25, -0.2) is 4.79 Å². The number of aromatic carboxylic acids is 1. The Bertz CT molecular complexity index is 500. The standard InChI is InChI=1S/C15H21NO4/c1-9(2)16(5)13(17)8-20-14-10(3)6-12(15(18)19)7-11(14)4/h6-7,9H,8H2,1-5H3,(H,18,19). The summed E-state index contributed by atoms with van der Waals surface area (Å²) < 4.78 is 5.55. The first-order chi connectivity index (χ1) is 9.23. The molecule has 20 heavy (non-hydrogen) atoms. The van der Waals surface area contributed by atoms with E-state index in [0.717, 1.165) is 0 Å². The third-order valence-electron chi connectivity index (χ3n) is 3.22. The lowest BCUT2D eigenvalue weighted by atomic mass is 10.1. The zero-order valence-electron chi connectivity index (χ0n) is 12.6. The van der Waals surface area contributed by atoms with E-state index in [9.17, 15) is 9.59 Å². The summed E-state index contributed by atoms with van der Waals surface area (Å²) in [5, 5.41) is 8.97. The Kier molecular flexibility index (Phi) is 5.13. The van der Waals surface area contributed by atoms with Crippen LogP contribution in [0.5, 0.6) is 5.75 Å². The van der Waals surface area contributed by atoms with Crippen LogP contribution in [0.3, 0.4) is 0 Å². The largest absolute Gasteiger partial charge is 0.483 e. The molecule has 1 aromatic rings. The summed E-state index contributed by atoms with van der Waals surface area (Å²) in [6, 6.07) is 3.20. The van der Waals surface area contributed by atoms with E-state index in [-0.39, 0.29) is 24.1 Å². The molecule has 0 radical (unpaired) electrons. The molecule has 0 aliphatic rings. The molecule has 0 aliphatic heterocycles. The first-order valence-corrected chi connectivity index (χ1v) is 6.47. The zero-order chi connectivity index (χ0) is 15.4. The topological polar surface area (TPSA) is 66.8 Å². The molecule has 0 unspecified atom stereocenters. The maximum atomic E-state index is 11.9. The van der Waals surface area contributed by atoms with E-state index in [4.69, 9.17) is 9.84 Å². The molecule has 0 fully saturated rings. The van der Waals surface area contributed by atoms with Gasteiger partial charge in [-0.05, 0) is 51.0 Å². The number of carboxylic acid groups (broad SMARTS) is 1. The summed E-state index contributed by atoms with van der Waals surface area (Å²) in [5.41, 5.74) is 1.64. The van der Waals surface area contributed by atoms with Crippen molar-refractivity contribution in [1.82, 2.24) is 4.90 Å². The summed E-state index contributed by atoms with van der Waals surface area (Å²) in [5.74, 6) is -0.514. The smallest absolute Gasteiger partial charge is 0.335 e. The average Bonchev–Trinajstić information content (AvgIpc) is 2.35. The number of carbonyl (C=O) groups excluding carboxylic acids is 1. The van der Waals surface area contributed by atoms with Crippen molar-refractivity contribution >= 4 is 11.9 Å². The number of nitrogens with zero attached hydrogens (tertiary/aromatic N) is 1. The molecule has 5 heteroatoms. The van der Waals surface area contributed by atoms with Crippen LogP contribution in [0.4, 0.5) is 0 Å². The lowest BCUT2D eigenvalue weighted by Gasteiger charge is -2.22. The van der Waals surface area contributed by atoms with Crippen LogP contribution in [0.2, 0.25) is 0 Å². The minimum atomic E-state index is -0.974. The molecule has 110 valence electrons. The van der Waals surface area contributed by atoms with Crippen LogP contribution in [0.25, 0.3) is 0 Å². The predicted octanol–water partition coefficient (Wildman–Crippen LogP) is 2.25. The maximum Gasteiger partial charge on any atom is 0.335 e. The normalized spacial score (nSPS) is 10.5. The molecular formula is C15H21NO4. The number of aryl methyl sites for hydroxylation is 2. The van der Waals surface area contributed by atoms with E-state index >= 15 is 0 Å². The van der Waals surface area contributed by atoms with Crippen LogP contribution < -0.4 is 4.74 Å². The molecule has 0 aromatic heterocycles. The van der Waals surface area contributed by atoms with Gasteiger partial charge < -0.3 is 14.7 Å². The van der Waals surface area contributed by atoms with Gasteiger partial charge in [0.1, 0.15) is 5.75 Å². The first kappa shape index (κ1) is 16.0. The van der Waals surface area contributed by atoms with Crippen molar-refractivity contribution in [2.24, 2.45) is 0 Å². The average molecular weight is 279 g/mol. The molecule has 0 heterocycles. The zero-order valence-corrected chi connectivity index (χ0v) is 12.6. The molecule has 0 bridgehead atoms. The molecule has 0 atom stereocenters. The fraction of sp³-hybridized carbons (Fsp3) is 0.467. The Labute approximate surface area is 119 Å². The highest BCUT2D eigenvalue weighted by Gasteiger charge is 2.15. The van der Waals surface area contributed by atoms with Crippen LogP contribution in [0, 0.1) is 13.8 Å². The van der Waals surface area contributed by atoms with Gasteiger partial charge in [-0.1, -0.05) is 0 Å². The van der Waals surface area contributed by atoms with Crippen molar-refractivity contribution in [2.75, 3.05) is 13.7 Å². The monoisotopic (exact) mass is 279 g/mol. The van der Waals surface area contributed by atoms with Crippen molar-refractivity contribution < 1.29 is 19.4 Å². The lowest BCUT2D eigenvalue weighted by Crippen LogP contribution is -2.36. The van der Waals surface area contributed by atoms with Crippen LogP contribution in [0.15, 0.2) is 12.1 Å². The third-order valence-corrected chi connectivity index (χ3v) is 3.22. The van der Waals surface area contributed by atoms with Gasteiger partial charge in [-0.2, -0.15) is 0 Å². The molecule has 0 saturated heterocycles.